The molecule has 27 heavy (non-hydrogen) atoms. The largest absolute Gasteiger partial charge is 0.489 e. The van der Waals surface area contributed by atoms with Crippen LogP contribution in [0.1, 0.15) is 42.6 Å². The molecule has 5 heteroatoms. The van der Waals surface area contributed by atoms with E-state index in [1.807, 2.05) is 42.5 Å². The Morgan fingerprint density at radius 1 is 1.19 bits per heavy atom. The fourth-order valence-corrected chi connectivity index (χ4v) is 3.56. The molecule has 1 amide bonds. The van der Waals surface area contributed by atoms with Gasteiger partial charge in [-0.3, -0.25) is 4.79 Å². The highest BCUT2D eigenvalue weighted by Gasteiger charge is 2.22. The number of likely N-dealkylation sites (tertiary alicyclic amines) is 1. The number of amides is 1. The molecular weight excluding hydrogens is 360 g/mol. The average molecular weight is 387 g/mol. The van der Waals surface area contributed by atoms with Crippen molar-refractivity contribution < 1.29 is 9.53 Å². The third-order valence-corrected chi connectivity index (χ3v) is 5.22. The van der Waals surface area contributed by atoms with Gasteiger partial charge in [-0.1, -0.05) is 29.8 Å². The van der Waals surface area contributed by atoms with Crippen LogP contribution in [0.3, 0.4) is 0 Å². The van der Waals surface area contributed by atoms with E-state index in [2.05, 4.69) is 24.1 Å². The number of nitrogens with one attached hydrogen (secondary N) is 1. The molecule has 4 nitrogen and oxygen atoms in total. The summed E-state index contributed by atoms with van der Waals surface area (Å²) in [5, 5.41) is 3.85. The summed E-state index contributed by atoms with van der Waals surface area (Å²) in [5.41, 5.74) is 1.62. The number of piperidine rings is 1. The molecule has 0 unspecified atom stereocenters. The normalized spacial score (nSPS) is 15.7. The van der Waals surface area contributed by atoms with Crippen LogP contribution in [-0.4, -0.2) is 36.0 Å². The third kappa shape index (κ3) is 5.72. The molecule has 3 rings (SSSR count). The summed E-state index contributed by atoms with van der Waals surface area (Å²) >= 11 is 6.00. The second-order valence-electron chi connectivity index (χ2n) is 7.32. The van der Waals surface area contributed by atoms with E-state index < -0.39 is 0 Å². The maximum atomic E-state index is 12.6. The Hall–Kier alpha value is -2.04. The minimum atomic E-state index is -0.0359. The summed E-state index contributed by atoms with van der Waals surface area (Å²) in [7, 11) is 0. The molecule has 2 aromatic carbocycles. The molecule has 144 valence electrons. The van der Waals surface area contributed by atoms with Crippen LogP contribution in [0.5, 0.6) is 5.75 Å². The van der Waals surface area contributed by atoms with E-state index >= 15 is 0 Å². The Morgan fingerprint density at radius 2 is 1.93 bits per heavy atom. The third-order valence-electron chi connectivity index (χ3n) is 4.99. The highest BCUT2D eigenvalue weighted by Crippen LogP contribution is 2.18. The van der Waals surface area contributed by atoms with Crippen molar-refractivity contribution in [3.63, 3.8) is 0 Å². The summed E-state index contributed by atoms with van der Waals surface area (Å²) in [5.74, 6) is 0.642. The Balaban J connectivity index is 1.54. The number of rotatable bonds is 6. The van der Waals surface area contributed by atoms with Gasteiger partial charge in [0.15, 0.2) is 0 Å². The fraction of sp³-hybridized carbons (Fsp3) is 0.409. The van der Waals surface area contributed by atoms with E-state index in [0.29, 0.717) is 29.0 Å². The van der Waals surface area contributed by atoms with Crippen molar-refractivity contribution in [2.45, 2.75) is 45.4 Å². The van der Waals surface area contributed by atoms with Crippen molar-refractivity contribution in [3.8, 4) is 5.75 Å². The predicted octanol–water partition coefficient (Wildman–Crippen LogP) is 4.52. The van der Waals surface area contributed by atoms with Crippen LogP contribution < -0.4 is 10.1 Å². The van der Waals surface area contributed by atoms with Gasteiger partial charge < -0.3 is 15.0 Å². The van der Waals surface area contributed by atoms with Gasteiger partial charge in [-0.15, -0.1) is 0 Å². The predicted molar refractivity (Wildman–Crippen MR) is 109 cm³/mol. The second kappa shape index (κ2) is 9.25. The van der Waals surface area contributed by atoms with Crippen molar-refractivity contribution in [2.24, 2.45) is 0 Å². The van der Waals surface area contributed by atoms with Crippen molar-refractivity contribution in [1.82, 2.24) is 10.2 Å². The summed E-state index contributed by atoms with van der Waals surface area (Å²) in [6.45, 7) is 6.91. The van der Waals surface area contributed by atoms with E-state index in [9.17, 15) is 4.79 Å². The Kier molecular flexibility index (Phi) is 6.75. The van der Waals surface area contributed by atoms with Crippen LogP contribution in [0.25, 0.3) is 0 Å². The molecule has 1 fully saturated rings. The number of hydrogen-bond donors (Lipinski definition) is 1. The lowest BCUT2D eigenvalue weighted by molar-refractivity contribution is 0.0900. The molecule has 0 aliphatic carbocycles. The molecule has 1 aliphatic heterocycles. The molecule has 1 saturated heterocycles. The number of halogens is 1. The Morgan fingerprint density at radius 3 is 2.63 bits per heavy atom. The smallest absolute Gasteiger partial charge is 0.251 e. The molecule has 1 N–H and O–H groups in total. The van der Waals surface area contributed by atoms with Crippen molar-refractivity contribution in [2.75, 3.05) is 13.1 Å². The average Bonchev–Trinajstić information content (AvgIpc) is 2.67. The van der Waals surface area contributed by atoms with Gasteiger partial charge in [-0.25, -0.2) is 0 Å². The van der Waals surface area contributed by atoms with E-state index in [4.69, 9.17) is 16.3 Å². The molecule has 1 aliphatic rings. The molecule has 0 atom stereocenters. The van der Waals surface area contributed by atoms with Crippen molar-refractivity contribution in [3.05, 3.63) is 64.7 Å². The van der Waals surface area contributed by atoms with Gasteiger partial charge in [0, 0.05) is 35.8 Å². The number of nitrogens with zero attached hydrogens (tertiary/aromatic N) is 1. The number of carbonyl (C=O) groups is 1. The number of hydrogen-bond acceptors (Lipinski definition) is 3. The zero-order valence-corrected chi connectivity index (χ0v) is 16.7. The lowest BCUT2D eigenvalue weighted by Crippen LogP contribution is -2.46. The number of carbonyl (C=O) groups excluding carboxylic acids is 1. The van der Waals surface area contributed by atoms with Crippen LogP contribution in [0.15, 0.2) is 48.5 Å². The van der Waals surface area contributed by atoms with Crippen LogP contribution >= 0.6 is 11.6 Å². The molecule has 0 bridgehead atoms. The zero-order chi connectivity index (χ0) is 19.2. The van der Waals surface area contributed by atoms with E-state index in [1.54, 1.807) is 6.07 Å². The molecular formula is C22H27ClN2O2. The van der Waals surface area contributed by atoms with Gasteiger partial charge >= 0.3 is 0 Å². The zero-order valence-electron chi connectivity index (χ0n) is 16.0. The van der Waals surface area contributed by atoms with Crippen molar-refractivity contribution in [1.29, 1.82) is 0 Å². The van der Waals surface area contributed by atoms with E-state index in [0.717, 1.165) is 31.5 Å². The Labute approximate surface area is 166 Å². The van der Waals surface area contributed by atoms with Crippen molar-refractivity contribution >= 4 is 17.5 Å². The monoisotopic (exact) mass is 386 g/mol. The van der Waals surface area contributed by atoms with Crippen LogP contribution in [-0.2, 0) is 6.61 Å². The molecule has 1 heterocycles. The second-order valence-corrected chi connectivity index (χ2v) is 7.76. The maximum Gasteiger partial charge on any atom is 0.251 e. The first-order chi connectivity index (χ1) is 13.0. The molecule has 0 radical (unpaired) electrons. The van der Waals surface area contributed by atoms with Gasteiger partial charge in [0.2, 0.25) is 0 Å². The van der Waals surface area contributed by atoms with Gasteiger partial charge in [0.05, 0.1) is 0 Å². The number of ether oxygens (including phenoxy) is 1. The van der Waals surface area contributed by atoms with Gasteiger partial charge in [0.1, 0.15) is 12.4 Å². The summed E-state index contributed by atoms with van der Waals surface area (Å²) in [4.78, 5) is 15.1. The molecule has 2 aromatic rings. The van der Waals surface area contributed by atoms with Gasteiger partial charge in [-0.05, 0) is 62.6 Å². The summed E-state index contributed by atoms with van der Waals surface area (Å²) in [6.07, 6.45) is 1.99. The molecule has 0 saturated carbocycles. The quantitative estimate of drug-likeness (QED) is 0.793. The van der Waals surface area contributed by atoms with Gasteiger partial charge in [-0.2, -0.15) is 0 Å². The van der Waals surface area contributed by atoms with Crippen LogP contribution in [0, 0.1) is 0 Å². The Bertz CT molecular complexity index is 770. The summed E-state index contributed by atoms with van der Waals surface area (Å²) in [6, 6.07) is 15.7. The highest BCUT2D eigenvalue weighted by atomic mass is 35.5. The standard InChI is InChI=1S/C22H27ClN2O2/c1-16(2)25-11-9-20(10-12-25)24-22(26)18-6-4-8-21(14-18)27-15-17-5-3-7-19(23)13-17/h3-8,13-14,16,20H,9-12,15H2,1-2H3,(H,24,26). The minimum absolute atomic E-state index is 0.0359. The summed E-state index contributed by atoms with van der Waals surface area (Å²) < 4.78 is 5.82. The van der Waals surface area contributed by atoms with Crippen LogP contribution in [0.4, 0.5) is 0 Å². The number of benzene rings is 2. The first-order valence-electron chi connectivity index (χ1n) is 9.53. The first-order valence-corrected chi connectivity index (χ1v) is 9.91. The fourth-order valence-electron chi connectivity index (χ4n) is 3.35. The first kappa shape index (κ1) is 19.7. The maximum absolute atomic E-state index is 12.6. The lowest BCUT2D eigenvalue weighted by Gasteiger charge is -2.34. The topological polar surface area (TPSA) is 41.6 Å². The van der Waals surface area contributed by atoms with Gasteiger partial charge in [0.25, 0.3) is 5.91 Å². The lowest BCUT2D eigenvalue weighted by atomic mass is 10.0. The van der Waals surface area contributed by atoms with E-state index in [1.165, 1.54) is 0 Å². The SMILES string of the molecule is CC(C)N1CCC(NC(=O)c2cccc(OCc3cccc(Cl)c3)c2)CC1. The molecule has 0 aromatic heterocycles. The highest BCUT2D eigenvalue weighted by molar-refractivity contribution is 6.30. The molecule has 0 spiro atoms. The van der Waals surface area contributed by atoms with Crippen LogP contribution in [0.2, 0.25) is 5.02 Å². The minimum Gasteiger partial charge on any atom is -0.489 e. The van der Waals surface area contributed by atoms with E-state index in [-0.39, 0.29) is 11.9 Å².